The van der Waals surface area contributed by atoms with Crippen molar-refractivity contribution >= 4 is 62.2 Å². The summed E-state index contributed by atoms with van der Waals surface area (Å²) in [5.74, 6) is -0.0361. The number of hydrogen-bond acceptors (Lipinski definition) is 7. The summed E-state index contributed by atoms with van der Waals surface area (Å²) >= 11 is 9.84. The van der Waals surface area contributed by atoms with Crippen LogP contribution in [0.2, 0.25) is 0 Å². The Morgan fingerprint density at radius 2 is 2.07 bits per heavy atom. The van der Waals surface area contributed by atoms with Crippen molar-refractivity contribution in [1.29, 1.82) is 0 Å². The first-order valence-corrected chi connectivity index (χ1v) is 10.3. The zero-order valence-corrected chi connectivity index (χ0v) is 18.2. The molecule has 6 nitrogen and oxygen atoms in total. The van der Waals surface area contributed by atoms with Gasteiger partial charge in [0.2, 0.25) is 0 Å². The van der Waals surface area contributed by atoms with Crippen LogP contribution in [0.3, 0.4) is 0 Å². The highest BCUT2D eigenvalue weighted by Crippen LogP contribution is 2.38. The van der Waals surface area contributed by atoms with Gasteiger partial charge in [-0.25, -0.2) is 0 Å². The molecular weight excluding hydrogens is 454 g/mol. The Hall–Kier alpha value is -1.58. The van der Waals surface area contributed by atoms with Gasteiger partial charge in [-0.05, 0) is 52.5 Å². The third-order valence-corrected chi connectivity index (χ3v) is 5.91. The topological polar surface area (TPSA) is 76.1 Å². The number of phenols is 1. The molecule has 0 unspecified atom stereocenters. The number of hydrogen-bond donors (Lipinski definition) is 1. The standard InChI is InChI=1S/C18H20BrNO5S2/c1-24-13-9-11(8-12(19)16(13)22)10-14-17(23)20(18(26)27-14)7-5-3-4-6-15(21)25-2/h8-10,22H,3-7H2,1-2H3. The van der Waals surface area contributed by atoms with E-state index in [4.69, 9.17) is 17.0 Å². The van der Waals surface area contributed by atoms with Gasteiger partial charge in [-0.3, -0.25) is 14.5 Å². The zero-order chi connectivity index (χ0) is 20.0. The van der Waals surface area contributed by atoms with Crippen LogP contribution in [0.1, 0.15) is 31.2 Å². The van der Waals surface area contributed by atoms with Crippen LogP contribution in [-0.2, 0) is 14.3 Å². The van der Waals surface area contributed by atoms with Gasteiger partial charge in [0.25, 0.3) is 5.91 Å². The van der Waals surface area contributed by atoms with Crippen molar-refractivity contribution in [3.8, 4) is 11.5 Å². The minimum absolute atomic E-state index is 0.00848. The maximum atomic E-state index is 12.6. The molecule has 146 valence electrons. The summed E-state index contributed by atoms with van der Waals surface area (Å²) in [6.07, 6.45) is 4.40. The second-order valence-electron chi connectivity index (χ2n) is 5.77. The van der Waals surface area contributed by atoms with Gasteiger partial charge in [0.05, 0.1) is 23.6 Å². The number of unbranched alkanes of at least 4 members (excludes halogenated alkanes) is 2. The fraction of sp³-hybridized carbons (Fsp3) is 0.389. The van der Waals surface area contributed by atoms with Crippen molar-refractivity contribution in [2.24, 2.45) is 0 Å². The number of thioether (sulfide) groups is 1. The Bertz CT molecular complexity index is 781. The van der Waals surface area contributed by atoms with E-state index < -0.39 is 0 Å². The number of esters is 1. The molecule has 9 heteroatoms. The molecule has 27 heavy (non-hydrogen) atoms. The summed E-state index contributed by atoms with van der Waals surface area (Å²) < 4.78 is 10.7. The molecule has 0 aromatic heterocycles. The van der Waals surface area contributed by atoms with Crippen molar-refractivity contribution < 1.29 is 24.2 Å². The molecule has 1 aliphatic heterocycles. The van der Waals surface area contributed by atoms with Crippen LogP contribution in [0.4, 0.5) is 0 Å². The largest absolute Gasteiger partial charge is 0.503 e. The first-order valence-electron chi connectivity index (χ1n) is 8.26. The lowest BCUT2D eigenvalue weighted by atomic mass is 10.1. The molecule has 1 amide bonds. The molecule has 2 rings (SSSR count). The van der Waals surface area contributed by atoms with Crippen LogP contribution in [0.5, 0.6) is 11.5 Å². The summed E-state index contributed by atoms with van der Waals surface area (Å²) in [4.78, 5) is 25.8. The van der Waals surface area contributed by atoms with Crippen LogP contribution < -0.4 is 4.74 Å². The number of rotatable bonds is 8. The lowest BCUT2D eigenvalue weighted by Crippen LogP contribution is -2.29. The maximum absolute atomic E-state index is 12.6. The number of benzene rings is 1. The van der Waals surface area contributed by atoms with Crippen LogP contribution in [0.15, 0.2) is 21.5 Å². The first kappa shape index (κ1) is 21.7. The van der Waals surface area contributed by atoms with E-state index in [0.29, 0.717) is 32.4 Å². The number of carbonyl (C=O) groups excluding carboxylic acids is 2. The summed E-state index contributed by atoms with van der Waals surface area (Å²) in [7, 11) is 2.84. The molecule has 1 fully saturated rings. The van der Waals surface area contributed by atoms with E-state index in [2.05, 4.69) is 20.7 Å². The molecule has 1 aromatic rings. The molecule has 1 saturated heterocycles. The molecule has 1 aromatic carbocycles. The predicted octanol–water partition coefficient (Wildman–Crippen LogP) is 4.10. The molecule has 0 atom stereocenters. The number of thiocarbonyl (C=S) groups is 1. The minimum atomic E-state index is -0.223. The van der Waals surface area contributed by atoms with Crippen LogP contribution in [-0.4, -0.2) is 47.0 Å². The minimum Gasteiger partial charge on any atom is -0.503 e. The van der Waals surface area contributed by atoms with Gasteiger partial charge >= 0.3 is 5.97 Å². The first-order chi connectivity index (χ1) is 12.9. The molecule has 1 N–H and O–H groups in total. The fourth-order valence-corrected chi connectivity index (χ4v) is 4.26. The van der Waals surface area contributed by atoms with Crippen molar-refractivity contribution in [2.75, 3.05) is 20.8 Å². The summed E-state index contributed by atoms with van der Waals surface area (Å²) in [5.41, 5.74) is 0.718. The average Bonchev–Trinajstić information content (AvgIpc) is 2.91. The Balaban J connectivity index is 2.00. The van der Waals surface area contributed by atoms with E-state index >= 15 is 0 Å². The van der Waals surface area contributed by atoms with Gasteiger partial charge in [0, 0.05) is 13.0 Å². The Morgan fingerprint density at radius 1 is 1.33 bits per heavy atom. The fourth-order valence-electron chi connectivity index (χ4n) is 2.49. The Labute approximate surface area is 176 Å². The van der Waals surface area contributed by atoms with Gasteiger partial charge in [-0.1, -0.05) is 30.4 Å². The van der Waals surface area contributed by atoms with Crippen molar-refractivity contribution in [3.63, 3.8) is 0 Å². The summed E-state index contributed by atoms with van der Waals surface area (Å²) in [6, 6.07) is 3.36. The van der Waals surface area contributed by atoms with Crippen LogP contribution in [0.25, 0.3) is 6.08 Å². The molecule has 0 aliphatic carbocycles. The van der Waals surface area contributed by atoms with Gasteiger partial charge in [0.15, 0.2) is 11.5 Å². The molecule has 1 aliphatic rings. The molecule has 0 radical (unpaired) electrons. The van der Waals surface area contributed by atoms with E-state index in [-0.39, 0.29) is 17.6 Å². The number of ether oxygens (including phenoxy) is 2. The third-order valence-electron chi connectivity index (χ3n) is 3.93. The number of carbonyl (C=O) groups is 2. The molecular formula is C18H20BrNO5S2. The van der Waals surface area contributed by atoms with E-state index in [9.17, 15) is 14.7 Å². The Kier molecular flexibility index (Phi) is 8.12. The Morgan fingerprint density at radius 3 is 2.74 bits per heavy atom. The van der Waals surface area contributed by atoms with Gasteiger partial charge in [0.1, 0.15) is 4.32 Å². The molecule has 0 bridgehead atoms. The molecule has 0 spiro atoms. The van der Waals surface area contributed by atoms with Crippen molar-refractivity contribution in [3.05, 3.63) is 27.1 Å². The van der Waals surface area contributed by atoms with E-state index in [0.717, 1.165) is 24.8 Å². The predicted molar refractivity (Wildman–Crippen MR) is 113 cm³/mol. The highest BCUT2D eigenvalue weighted by Gasteiger charge is 2.31. The van der Waals surface area contributed by atoms with Gasteiger partial charge in [-0.15, -0.1) is 0 Å². The van der Waals surface area contributed by atoms with Crippen molar-refractivity contribution in [1.82, 2.24) is 4.90 Å². The number of amides is 1. The lowest BCUT2D eigenvalue weighted by Gasteiger charge is -2.13. The number of phenolic OH excluding ortho intramolecular Hbond substituents is 1. The normalized spacial score (nSPS) is 15.5. The smallest absolute Gasteiger partial charge is 0.305 e. The van der Waals surface area contributed by atoms with Crippen molar-refractivity contribution in [2.45, 2.75) is 25.7 Å². The second kappa shape index (κ2) is 10.1. The summed E-state index contributed by atoms with van der Waals surface area (Å²) in [5, 5.41) is 9.89. The second-order valence-corrected chi connectivity index (χ2v) is 8.30. The number of nitrogens with zero attached hydrogens (tertiary/aromatic N) is 1. The highest BCUT2D eigenvalue weighted by molar-refractivity contribution is 9.10. The number of aromatic hydroxyl groups is 1. The third kappa shape index (κ3) is 5.70. The van der Waals surface area contributed by atoms with E-state index in [1.807, 2.05) is 0 Å². The SMILES string of the molecule is COC(=O)CCCCCN1C(=O)C(=Cc2cc(Br)c(O)c(OC)c2)SC1=S. The zero-order valence-electron chi connectivity index (χ0n) is 15.0. The van der Waals surface area contributed by atoms with E-state index in [1.54, 1.807) is 23.1 Å². The molecule has 1 heterocycles. The quantitative estimate of drug-likeness (QED) is 0.263. The van der Waals surface area contributed by atoms with E-state index in [1.165, 1.54) is 26.0 Å². The number of methoxy groups -OCH3 is 2. The monoisotopic (exact) mass is 473 g/mol. The van der Waals surface area contributed by atoms with Gasteiger partial charge < -0.3 is 14.6 Å². The average molecular weight is 474 g/mol. The van der Waals surface area contributed by atoms with Crippen LogP contribution in [0, 0.1) is 0 Å². The highest BCUT2D eigenvalue weighted by atomic mass is 79.9. The van der Waals surface area contributed by atoms with Gasteiger partial charge in [-0.2, -0.15) is 0 Å². The maximum Gasteiger partial charge on any atom is 0.305 e. The lowest BCUT2D eigenvalue weighted by molar-refractivity contribution is -0.140. The molecule has 0 saturated carbocycles. The summed E-state index contributed by atoms with van der Waals surface area (Å²) in [6.45, 7) is 0.520. The van der Waals surface area contributed by atoms with Crippen LogP contribution >= 0.6 is 39.9 Å². The number of halogens is 1.